The summed E-state index contributed by atoms with van der Waals surface area (Å²) in [5.74, 6) is 2.73. The van der Waals surface area contributed by atoms with Crippen molar-refractivity contribution in [3.63, 3.8) is 0 Å². The van der Waals surface area contributed by atoms with Crippen molar-refractivity contribution >= 4 is 5.96 Å². The van der Waals surface area contributed by atoms with E-state index in [0.717, 1.165) is 51.0 Å². The van der Waals surface area contributed by atoms with Crippen LogP contribution in [0.2, 0.25) is 0 Å². The van der Waals surface area contributed by atoms with Gasteiger partial charge < -0.3 is 15.4 Å². The van der Waals surface area contributed by atoms with E-state index in [0.29, 0.717) is 17.9 Å². The highest BCUT2D eigenvalue weighted by atomic mass is 16.5. The van der Waals surface area contributed by atoms with E-state index in [1.165, 1.54) is 12.8 Å². The summed E-state index contributed by atoms with van der Waals surface area (Å²) in [5.41, 5.74) is 6.17. The lowest BCUT2D eigenvalue weighted by atomic mass is 9.90. The molecule has 0 aromatic heterocycles. The number of rotatable bonds is 3. The highest BCUT2D eigenvalue weighted by molar-refractivity contribution is 5.78. The van der Waals surface area contributed by atoms with Crippen LogP contribution in [0.3, 0.4) is 0 Å². The molecule has 2 saturated heterocycles. The minimum atomic E-state index is 0.403. The lowest BCUT2D eigenvalue weighted by Gasteiger charge is -2.33. The Hall–Kier alpha value is -0.770. The summed E-state index contributed by atoms with van der Waals surface area (Å²) < 4.78 is 5.82. The zero-order chi connectivity index (χ0) is 14.5. The molecule has 0 saturated carbocycles. The van der Waals surface area contributed by atoms with Gasteiger partial charge in [-0.25, -0.2) is 0 Å². The van der Waals surface area contributed by atoms with Crippen LogP contribution in [0.5, 0.6) is 0 Å². The third-order valence-corrected chi connectivity index (χ3v) is 4.66. The molecule has 0 radical (unpaired) electrons. The first-order valence-corrected chi connectivity index (χ1v) is 8.22. The predicted molar refractivity (Wildman–Crippen MR) is 83.8 cm³/mol. The van der Waals surface area contributed by atoms with E-state index in [9.17, 15) is 0 Å². The number of hydrogen-bond acceptors (Lipinski definition) is 2. The third-order valence-electron chi connectivity index (χ3n) is 4.66. The molecular formula is C16H31N3O. The molecule has 4 heteroatoms. The summed E-state index contributed by atoms with van der Waals surface area (Å²) >= 11 is 0. The number of nitrogens with two attached hydrogens (primary N) is 1. The first kappa shape index (κ1) is 15.6. The van der Waals surface area contributed by atoms with Gasteiger partial charge in [0, 0.05) is 26.2 Å². The van der Waals surface area contributed by atoms with Gasteiger partial charge in [0.05, 0.1) is 6.10 Å². The number of guanidine groups is 1. The number of aliphatic imine (C=N–C) groups is 1. The second kappa shape index (κ2) is 7.30. The molecule has 116 valence electrons. The van der Waals surface area contributed by atoms with Gasteiger partial charge in [-0.05, 0) is 43.4 Å². The maximum Gasteiger partial charge on any atom is 0.191 e. The van der Waals surface area contributed by atoms with Crippen molar-refractivity contribution in [3.8, 4) is 0 Å². The zero-order valence-corrected chi connectivity index (χ0v) is 13.3. The van der Waals surface area contributed by atoms with Gasteiger partial charge in [0.1, 0.15) is 0 Å². The average molecular weight is 281 g/mol. The molecule has 2 fully saturated rings. The second-order valence-electron chi connectivity index (χ2n) is 6.94. The van der Waals surface area contributed by atoms with Gasteiger partial charge in [-0.3, -0.25) is 4.99 Å². The summed E-state index contributed by atoms with van der Waals surface area (Å²) in [6.45, 7) is 10.7. The van der Waals surface area contributed by atoms with Crippen LogP contribution < -0.4 is 5.73 Å². The normalized spacial score (nSPS) is 32.7. The molecule has 0 amide bonds. The van der Waals surface area contributed by atoms with Gasteiger partial charge in [0.25, 0.3) is 0 Å². The van der Waals surface area contributed by atoms with Crippen LogP contribution in [0.1, 0.15) is 46.5 Å². The van der Waals surface area contributed by atoms with Crippen LogP contribution >= 0.6 is 0 Å². The fourth-order valence-electron chi connectivity index (χ4n) is 3.25. The lowest BCUT2D eigenvalue weighted by molar-refractivity contribution is -0.0321. The maximum atomic E-state index is 6.17. The molecular weight excluding hydrogens is 250 g/mol. The topological polar surface area (TPSA) is 50.8 Å². The van der Waals surface area contributed by atoms with E-state index in [1.807, 2.05) is 0 Å². The second-order valence-corrected chi connectivity index (χ2v) is 6.94. The van der Waals surface area contributed by atoms with Gasteiger partial charge in [0.15, 0.2) is 5.96 Å². The summed E-state index contributed by atoms with van der Waals surface area (Å²) in [4.78, 5) is 6.92. The van der Waals surface area contributed by atoms with Crippen LogP contribution in [-0.2, 0) is 4.74 Å². The largest absolute Gasteiger partial charge is 0.378 e. The van der Waals surface area contributed by atoms with Crippen LogP contribution in [0.25, 0.3) is 0 Å². The molecule has 4 nitrogen and oxygen atoms in total. The Morgan fingerprint density at radius 1 is 1.40 bits per heavy atom. The first-order chi connectivity index (χ1) is 9.56. The Morgan fingerprint density at radius 3 is 2.90 bits per heavy atom. The average Bonchev–Trinajstić information content (AvgIpc) is 2.45. The molecule has 0 aromatic carbocycles. The van der Waals surface area contributed by atoms with Crippen molar-refractivity contribution in [2.75, 3.05) is 26.2 Å². The van der Waals surface area contributed by atoms with Crippen LogP contribution in [0, 0.1) is 17.8 Å². The monoisotopic (exact) mass is 281 g/mol. The van der Waals surface area contributed by atoms with E-state index in [2.05, 4.69) is 30.7 Å². The molecule has 0 aliphatic carbocycles. The number of likely N-dealkylation sites (tertiary alicyclic amines) is 1. The third kappa shape index (κ3) is 4.37. The molecule has 0 spiro atoms. The molecule has 2 aliphatic heterocycles. The highest BCUT2D eigenvalue weighted by Crippen LogP contribution is 2.25. The Kier molecular flexibility index (Phi) is 5.70. The van der Waals surface area contributed by atoms with Gasteiger partial charge in [-0.2, -0.15) is 0 Å². The van der Waals surface area contributed by atoms with Crippen molar-refractivity contribution in [3.05, 3.63) is 0 Å². The van der Waals surface area contributed by atoms with E-state index in [4.69, 9.17) is 10.5 Å². The van der Waals surface area contributed by atoms with Gasteiger partial charge in [0.2, 0.25) is 0 Å². The molecule has 2 rings (SSSR count). The van der Waals surface area contributed by atoms with E-state index in [-0.39, 0.29) is 0 Å². The fraction of sp³-hybridized carbons (Fsp3) is 0.938. The maximum absolute atomic E-state index is 6.17. The smallest absolute Gasteiger partial charge is 0.191 e. The highest BCUT2D eigenvalue weighted by Gasteiger charge is 2.25. The Bertz CT molecular complexity index is 330. The Morgan fingerprint density at radius 2 is 2.20 bits per heavy atom. The molecule has 2 N–H and O–H groups in total. The molecule has 3 unspecified atom stereocenters. The minimum absolute atomic E-state index is 0.403. The number of hydrogen-bond donors (Lipinski definition) is 1. The van der Waals surface area contributed by atoms with Crippen molar-refractivity contribution < 1.29 is 4.74 Å². The SMILES string of the molecule is CC1CCCN(C(N)=NCC2CCOC(C(C)C)C2)C1. The Labute approximate surface area is 123 Å². The van der Waals surface area contributed by atoms with E-state index < -0.39 is 0 Å². The first-order valence-electron chi connectivity index (χ1n) is 8.22. The van der Waals surface area contributed by atoms with Crippen molar-refractivity contribution in [1.82, 2.24) is 4.90 Å². The molecule has 2 aliphatic rings. The minimum Gasteiger partial charge on any atom is -0.378 e. The summed E-state index contributed by atoms with van der Waals surface area (Å²) in [6, 6.07) is 0. The molecule has 0 aromatic rings. The molecule has 0 bridgehead atoms. The van der Waals surface area contributed by atoms with Gasteiger partial charge in [-0.1, -0.05) is 20.8 Å². The van der Waals surface area contributed by atoms with Crippen molar-refractivity contribution in [2.45, 2.75) is 52.6 Å². The summed E-state index contributed by atoms with van der Waals surface area (Å²) in [5, 5.41) is 0. The summed E-state index contributed by atoms with van der Waals surface area (Å²) in [6.07, 6.45) is 5.21. The molecule has 2 heterocycles. The molecule has 3 atom stereocenters. The Balaban J connectivity index is 1.81. The number of ether oxygens (including phenoxy) is 1. The zero-order valence-electron chi connectivity index (χ0n) is 13.3. The predicted octanol–water partition coefficient (Wildman–Crippen LogP) is 2.48. The van der Waals surface area contributed by atoms with Gasteiger partial charge in [-0.15, -0.1) is 0 Å². The molecule has 20 heavy (non-hydrogen) atoms. The fourth-order valence-corrected chi connectivity index (χ4v) is 3.25. The van der Waals surface area contributed by atoms with Gasteiger partial charge >= 0.3 is 0 Å². The van der Waals surface area contributed by atoms with Crippen LogP contribution in [-0.4, -0.2) is 43.2 Å². The standard InChI is InChI=1S/C16H31N3O/c1-12(2)15-9-14(6-8-20-15)10-18-16(17)19-7-4-5-13(3)11-19/h12-15H,4-11H2,1-3H3,(H2,17,18). The van der Waals surface area contributed by atoms with Crippen LogP contribution in [0.4, 0.5) is 0 Å². The van der Waals surface area contributed by atoms with E-state index >= 15 is 0 Å². The lowest BCUT2D eigenvalue weighted by Crippen LogP contribution is -2.43. The quantitative estimate of drug-likeness (QED) is 0.639. The van der Waals surface area contributed by atoms with Crippen LogP contribution in [0.15, 0.2) is 4.99 Å². The van der Waals surface area contributed by atoms with Crippen molar-refractivity contribution in [2.24, 2.45) is 28.5 Å². The number of piperidine rings is 1. The number of nitrogens with zero attached hydrogens (tertiary/aromatic N) is 2. The van der Waals surface area contributed by atoms with Crippen molar-refractivity contribution in [1.29, 1.82) is 0 Å². The summed E-state index contributed by atoms with van der Waals surface area (Å²) in [7, 11) is 0. The van der Waals surface area contributed by atoms with E-state index in [1.54, 1.807) is 0 Å².